The van der Waals surface area contributed by atoms with Crippen LogP contribution in [-0.4, -0.2) is 13.1 Å². The van der Waals surface area contributed by atoms with Gasteiger partial charge in [-0.05, 0) is 38.8 Å². The maximum absolute atomic E-state index is 4.08. The van der Waals surface area contributed by atoms with E-state index in [1.807, 2.05) is 0 Å². The summed E-state index contributed by atoms with van der Waals surface area (Å²) in [7, 11) is 2.07. The summed E-state index contributed by atoms with van der Waals surface area (Å²) >= 11 is 0. The smallest absolute Gasteiger partial charge is 0.0198 e. The topological polar surface area (TPSA) is 12.0 Å². The molecule has 1 N–H and O–H groups in total. The molecule has 1 atom stereocenters. The molecule has 0 aliphatic heterocycles. The SMILES string of the molecule is C=C(C)CC(NC)C(CC)(CC)c1ccccc1. The van der Waals surface area contributed by atoms with E-state index in [-0.39, 0.29) is 5.41 Å². The fourth-order valence-electron chi connectivity index (χ4n) is 3.04. The van der Waals surface area contributed by atoms with Crippen molar-refractivity contribution in [3.05, 3.63) is 48.0 Å². The van der Waals surface area contributed by atoms with Crippen molar-refractivity contribution in [1.82, 2.24) is 5.32 Å². The summed E-state index contributed by atoms with van der Waals surface area (Å²) in [5.74, 6) is 0. The van der Waals surface area contributed by atoms with E-state index in [0.717, 1.165) is 19.3 Å². The van der Waals surface area contributed by atoms with Crippen molar-refractivity contribution in [2.75, 3.05) is 7.05 Å². The maximum atomic E-state index is 4.08. The first-order chi connectivity index (χ1) is 8.60. The van der Waals surface area contributed by atoms with Gasteiger partial charge in [-0.2, -0.15) is 0 Å². The van der Waals surface area contributed by atoms with Gasteiger partial charge in [-0.1, -0.05) is 49.8 Å². The van der Waals surface area contributed by atoms with Crippen molar-refractivity contribution in [3.63, 3.8) is 0 Å². The van der Waals surface area contributed by atoms with E-state index in [2.05, 4.69) is 70.0 Å². The Kier molecular flexibility index (Phi) is 5.61. The van der Waals surface area contributed by atoms with Crippen molar-refractivity contribution in [1.29, 1.82) is 0 Å². The van der Waals surface area contributed by atoms with Crippen molar-refractivity contribution in [2.45, 2.75) is 51.5 Å². The number of hydrogen-bond acceptors (Lipinski definition) is 1. The lowest BCUT2D eigenvalue weighted by molar-refractivity contribution is 0.280. The highest BCUT2D eigenvalue weighted by molar-refractivity contribution is 5.28. The largest absolute Gasteiger partial charge is 0.316 e. The fourth-order valence-corrected chi connectivity index (χ4v) is 3.04. The number of nitrogens with one attached hydrogen (secondary N) is 1. The third kappa shape index (κ3) is 3.02. The van der Waals surface area contributed by atoms with E-state index in [1.165, 1.54) is 11.1 Å². The van der Waals surface area contributed by atoms with Crippen molar-refractivity contribution in [3.8, 4) is 0 Å². The standard InChI is InChI=1S/C17H27N/c1-6-17(7-2,15-11-9-8-10-12-15)16(18-5)13-14(3)4/h8-12,16,18H,3,6-7,13H2,1-2,4-5H3. The molecule has 0 fully saturated rings. The number of likely N-dealkylation sites (N-methyl/N-ethyl adjacent to an activating group) is 1. The second-order valence-corrected chi connectivity index (χ2v) is 5.23. The molecular formula is C17H27N. The second kappa shape index (κ2) is 6.75. The van der Waals surface area contributed by atoms with E-state index in [9.17, 15) is 0 Å². The molecule has 1 heteroatoms. The molecule has 0 radical (unpaired) electrons. The van der Waals surface area contributed by atoms with Gasteiger partial charge in [0.25, 0.3) is 0 Å². The van der Waals surface area contributed by atoms with E-state index >= 15 is 0 Å². The lowest BCUT2D eigenvalue weighted by atomic mass is 9.68. The van der Waals surface area contributed by atoms with Gasteiger partial charge in [-0.25, -0.2) is 0 Å². The average molecular weight is 245 g/mol. The summed E-state index contributed by atoms with van der Waals surface area (Å²) in [6, 6.07) is 11.3. The average Bonchev–Trinajstić information content (AvgIpc) is 2.40. The van der Waals surface area contributed by atoms with Crippen LogP contribution < -0.4 is 5.32 Å². The minimum Gasteiger partial charge on any atom is -0.316 e. The maximum Gasteiger partial charge on any atom is 0.0198 e. The van der Waals surface area contributed by atoms with Gasteiger partial charge in [0.1, 0.15) is 0 Å². The summed E-state index contributed by atoms with van der Waals surface area (Å²) in [4.78, 5) is 0. The van der Waals surface area contributed by atoms with Gasteiger partial charge in [-0.3, -0.25) is 0 Å². The Labute approximate surface area is 112 Å². The summed E-state index contributed by atoms with van der Waals surface area (Å²) in [6.07, 6.45) is 3.33. The molecule has 0 aromatic heterocycles. The van der Waals surface area contributed by atoms with Gasteiger partial charge in [0.15, 0.2) is 0 Å². The Morgan fingerprint density at radius 3 is 2.17 bits per heavy atom. The Bertz CT molecular complexity index is 362. The predicted molar refractivity (Wildman–Crippen MR) is 81.0 cm³/mol. The molecule has 18 heavy (non-hydrogen) atoms. The zero-order chi connectivity index (χ0) is 13.6. The van der Waals surface area contributed by atoms with Crippen LogP contribution in [0, 0.1) is 0 Å². The van der Waals surface area contributed by atoms with Gasteiger partial charge in [0.2, 0.25) is 0 Å². The molecule has 0 spiro atoms. The molecule has 1 aromatic rings. The fraction of sp³-hybridized carbons (Fsp3) is 0.529. The van der Waals surface area contributed by atoms with E-state index < -0.39 is 0 Å². The van der Waals surface area contributed by atoms with E-state index in [4.69, 9.17) is 0 Å². The van der Waals surface area contributed by atoms with Crippen LogP contribution in [0.3, 0.4) is 0 Å². The van der Waals surface area contributed by atoms with Gasteiger partial charge in [-0.15, -0.1) is 6.58 Å². The highest BCUT2D eigenvalue weighted by Gasteiger charge is 2.36. The molecule has 100 valence electrons. The summed E-state index contributed by atoms with van der Waals surface area (Å²) in [5.41, 5.74) is 2.89. The second-order valence-electron chi connectivity index (χ2n) is 5.23. The molecule has 0 saturated carbocycles. The van der Waals surface area contributed by atoms with Crippen molar-refractivity contribution >= 4 is 0 Å². The highest BCUT2D eigenvalue weighted by Crippen LogP contribution is 2.37. The Morgan fingerprint density at radius 2 is 1.78 bits per heavy atom. The Morgan fingerprint density at radius 1 is 1.22 bits per heavy atom. The van der Waals surface area contributed by atoms with Gasteiger partial charge in [0, 0.05) is 11.5 Å². The third-order valence-corrected chi connectivity index (χ3v) is 4.18. The Hall–Kier alpha value is -1.08. The Balaban J connectivity index is 3.16. The lowest BCUT2D eigenvalue weighted by Crippen LogP contribution is -2.46. The highest BCUT2D eigenvalue weighted by atomic mass is 14.9. The first-order valence-electron chi connectivity index (χ1n) is 6.97. The number of benzene rings is 1. The van der Waals surface area contributed by atoms with Crippen LogP contribution in [0.5, 0.6) is 0 Å². The van der Waals surface area contributed by atoms with Gasteiger partial charge >= 0.3 is 0 Å². The van der Waals surface area contributed by atoms with Crippen LogP contribution >= 0.6 is 0 Å². The molecule has 0 heterocycles. The zero-order valence-electron chi connectivity index (χ0n) is 12.3. The van der Waals surface area contributed by atoms with Crippen LogP contribution in [0.2, 0.25) is 0 Å². The molecule has 1 aromatic carbocycles. The molecule has 1 nitrogen and oxygen atoms in total. The number of rotatable bonds is 7. The van der Waals surface area contributed by atoms with Crippen molar-refractivity contribution < 1.29 is 0 Å². The lowest BCUT2D eigenvalue weighted by Gasteiger charge is -2.40. The molecule has 1 unspecified atom stereocenters. The first-order valence-corrected chi connectivity index (χ1v) is 6.97. The third-order valence-electron chi connectivity index (χ3n) is 4.18. The molecule has 0 bridgehead atoms. The van der Waals surface area contributed by atoms with Gasteiger partial charge < -0.3 is 5.32 Å². The predicted octanol–water partition coefficient (Wildman–Crippen LogP) is 4.30. The molecular weight excluding hydrogens is 218 g/mol. The molecule has 0 amide bonds. The monoisotopic (exact) mass is 245 g/mol. The minimum absolute atomic E-state index is 0.203. The normalized spacial score (nSPS) is 13.3. The minimum atomic E-state index is 0.203. The summed E-state index contributed by atoms with van der Waals surface area (Å²) < 4.78 is 0. The van der Waals surface area contributed by atoms with Crippen LogP contribution in [0.25, 0.3) is 0 Å². The van der Waals surface area contributed by atoms with Crippen LogP contribution in [0.4, 0.5) is 0 Å². The quantitative estimate of drug-likeness (QED) is 0.706. The van der Waals surface area contributed by atoms with Crippen LogP contribution in [0.1, 0.15) is 45.6 Å². The summed E-state index contributed by atoms with van der Waals surface area (Å²) in [6.45, 7) is 10.8. The van der Waals surface area contributed by atoms with Crippen LogP contribution in [0.15, 0.2) is 42.5 Å². The molecule has 1 rings (SSSR count). The summed E-state index contributed by atoms with van der Waals surface area (Å²) in [5, 5.41) is 3.51. The molecule has 0 aliphatic carbocycles. The molecule has 0 aliphatic rings. The zero-order valence-corrected chi connectivity index (χ0v) is 12.3. The molecule has 0 saturated heterocycles. The van der Waals surface area contributed by atoms with E-state index in [1.54, 1.807) is 0 Å². The van der Waals surface area contributed by atoms with Crippen molar-refractivity contribution in [2.24, 2.45) is 0 Å². The van der Waals surface area contributed by atoms with Crippen LogP contribution in [-0.2, 0) is 5.41 Å². The van der Waals surface area contributed by atoms with E-state index in [0.29, 0.717) is 6.04 Å². The number of hydrogen-bond donors (Lipinski definition) is 1. The van der Waals surface area contributed by atoms with Gasteiger partial charge in [0.05, 0.1) is 0 Å². The first kappa shape index (κ1) is 15.0.